The first-order chi connectivity index (χ1) is 20.3. The van der Waals surface area contributed by atoms with Crippen LogP contribution in [0.5, 0.6) is 11.5 Å². The molecule has 0 fully saturated rings. The molecule has 0 amide bonds. The van der Waals surface area contributed by atoms with Gasteiger partial charge in [0.15, 0.2) is 0 Å². The van der Waals surface area contributed by atoms with Crippen LogP contribution in [-0.2, 0) is 5.41 Å². The first-order valence-corrected chi connectivity index (χ1v) is 12.7. The molecule has 4 aromatic carbocycles. The molecule has 0 aliphatic rings. The van der Waals surface area contributed by atoms with Gasteiger partial charge in [0.05, 0.1) is 0 Å². The standard InChI is InChI=1S/C30H16F10O2S/c31-19-9-15-22(16-10-19)43-24-4-2-1-3-23(24)29(30(38,39)40,17-5-11-20(12-6-17)41-27(36)25(32)33)18-7-13-21(14-8-18)42-28(37)26(34)35/h1-16H. The second kappa shape index (κ2) is 12.9. The molecule has 0 atom stereocenters. The van der Waals surface area contributed by atoms with Crippen molar-refractivity contribution in [2.45, 2.75) is 21.4 Å². The van der Waals surface area contributed by atoms with Gasteiger partial charge in [-0.3, -0.25) is 0 Å². The van der Waals surface area contributed by atoms with Crippen molar-refractivity contribution in [3.8, 4) is 11.5 Å². The van der Waals surface area contributed by atoms with Crippen LogP contribution in [0.3, 0.4) is 0 Å². The molecule has 0 saturated carbocycles. The van der Waals surface area contributed by atoms with Crippen molar-refractivity contribution in [3.05, 3.63) is 144 Å². The summed E-state index contributed by atoms with van der Waals surface area (Å²) in [6.45, 7) is 0. The first-order valence-electron chi connectivity index (χ1n) is 11.9. The number of ether oxygens (including phenoxy) is 2. The van der Waals surface area contributed by atoms with Gasteiger partial charge in [0.25, 0.3) is 0 Å². The second-order valence-corrected chi connectivity index (χ2v) is 9.74. The van der Waals surface area contributed by atoms with Gasteiger partial charge in [-0.2, -0.15) is 39.5 Å². The summed E-state index contributed by atoms with van der Waals surface area (Å²) in [7, 11) is 0. The molecule has 0 heterocycles. The van der Waals surface area contributed by atoms with Crippen molar-refractivity contribution in [3.63, 3.8) is 0 Å². The molecule has 0 bridgehead atoms. The smallest absolute Gasteiger partial charge is 0.406 e. The van der Waals surface area contributed by atoms with Crippen molar-refractivity contribution in [1.82, 2.24) is 0 Å². The van der Waals surface area contributed by atoms with Crippen LogP contribution in [0.1, 0.15) is 16.7 Å². The summed E-state index contributed by atoms with van der Waals surface area (Å²) in [5.41, 5.74) is -4.31. The van der Waals surface area contributed by atoms with Crippen LogP contribution >= 0.6 is 11.8 Å². The third kappa shape index (κ3) is 6.82. The highest BCUT2D eigenvalue weighted by molar-refractivity contribution is 7.99. The van der Waals surface area contributed by atoms with E-state index in [4.69, 9.17) is 0 Å². The van der Waals surface area contributed by atoms with Gasteiger partial charge in [0.2, 0.25) is 0 Å². The van der Waals surface area contributed by atoms with Crippen LogP contribution < -0.4 is 9.47 Å². The molecule has 4 rings (SSSR count). The van der Waals surface area contributed by atoms with Crippen molar-refractivity contribution in [2.75, 3.05) is 0 Å². The number of benzene rings is 4. The zero-order valence-electron chi connectivity index (χ0n) is 21.2. The molecule has 0 spiro atoms. The Morgan fingerprint density at radius 3 is 1.42 bits per heavy atom. The summed E-state index contributed by atoms with van der Waals surface area (Å²) < 4.78 is 146. The molecular weight excluding hydrogens is 614 g/mol. The minimum Gasteiger partial charge on any atom is -0.428 e. The Bertz CT molecular complexity index is 1550. The van der Waals surface area contributed by atoms with Gasteiger partial charge in [0.1, 0.15) is 22.7 Å². The largest absolute Gasteiger partial charge is 0.428 e. The molecule has 0 saturated heterocycles. The van der Waals surface area contributed by atoms with Gasteiger partial charge in [-0.15, -0.1) is 0 Å². The van der Waals surface area contributed by atoms with Crippen molar-refractivity contribution in [1.29, 1.82) is 0 Å². The van der Waals surface area contributed by atoms with Crippen LogP contribution in [0, 0.1) is 5.82 Å². The van der Waals surface area contributed by atoms with Crippen LogP contribution in [-0.4, -0.2) is 6.18 Å². The highest BCUT2D eigenvalue weighted by atomic mass is 32.2. The summed E-state index contributed by atoms with van der Waals surface area (Å²) in [6.07, 6.45) is -10.7. The Hall–Kier alpha value is -4.39. The Morgan fingerprint density at radius 2 is 1.00 bits per heavy atom. The summed E-state index contributed by atoms with van der Waals surface area (Å²) in [5.74, 6) is -1.62. The summed E-state index contributed by atoms with van der Waals surface area (Å²) >= 11 is 0.891. The van der Waals surface area contributed by atoms with E-state index >= 15 is 13.2 Å². The third-order valence-electron chi connectivity index (χ3n) is 6.04. The average Bonchev–Trinajstić information content (AvgIpc) is 2.96. The SMILES string of the molecule is FC(F)=C(F)Oc1ccc(C(c2ccc(OC(F)=C(F)F)cc2)(c2ccccc2Sc2ccc(F)cc2)C(F)(F)F)cc1. The molecular formula is C30H16F10O2S. The van der Waals surface area contributed by atoms with E-state index in [2.05, 4.69) is 9.47 Å². The maximum Gasteiger partial charge on any atom is 0.406 e. The number of alkyl halides is 3. The molecule has 0 aromatic heterocycles. The summed E-state index contributed by atoms with van der Waals surface area (Å²) in [4.78, 5) is 0.470. The minimum absolute atomic E-state index is 0.0778. The number of hydrogen-bond acceptors (Lipinski definition) is 3. The monoisotopic (exact) mass is 630 g/mol. The predicted octanol–water partition coefficient (Wildman–Crippen LogP) is 10.7. The lowest BCUT2D eigenvalue weighted by atomic mass is 9.68. The van der Waals surface area contributed by atoms with Gasteiger partial charge in [-0.25, -0.2) is 4.39 Å². The molecule has 0 N–H and O–H groups in total. The first kappa shape index (κ1) is 31.5. The lowest BCUT2D eigenvalue weighted by Crippen LogP contribution is -2.45. The molecule has 0 aliphatic heterocycles. The lowest BCUT2D eigenvalue weighted by Gasteiger charge is -2.38. The highest BCUT2D eigenvalue weighted by Gasteiger charge is 2.59. The maximum absolute atomic E-state index is 15.6. The predicted molar refractivity (Wildman–Crippen MR) is 138 cm³/mol. The number of rotatable bonds is 9. The van der Waals surface area contributed by atoms with Crippen LogP contribution in [0.25, 0.3) is 0 Å². The van der Waals surface area contributed by atoms with Crippen molar-refractivity contribution in [2.24, 2.45) is 0 Å². The summed E-state index contributed by atoms with van der Waals surface area (Å²) in [6, 6.07) is 12.9. The molecule has 0 aliphatic carbocycles. The van der Waals surface area contributed by atoms with Gasteiger partial charge >= 0.3 is 30.4 Å². The zero-order chi connectivity index (χ0) is 31.4. The van der Waals surface area contributed by atoms with Crippen molar-refractivity contribution < 1.29 is 53.4 Å². The molecule has 43 heavy (non-hydrogen) atoms. The quantitative estimate of drug-likeness (QED) is 0.104. The fourth-order valence-electron chi connectivity index (χ4n) is 4.28. The van der Waals surface area contributed by atoms with E-state index in [0.29, 0.717) is 4.90 Å². The topological polar surface area (TPSA) is 18.5 Å². The van der Waals surface area contributed by atoms with E-state index in [1.54, 1.807) is 0 Å². The van der Waals surface area contributed by atoms with E-state index in [1.165, 1.54) is 36.4 Å². The highest BCUT2D eigenvalue weighted by Crippen LogP contribution is 2.54. The van der Waals surface area contributed by atoms with E-state index in [-0.39, 0.29) is 10.5 Å². The molecule has 0 unspecified atom stereocenters. The Morgan fingerprint density at radius 1 is 0.558 bits per heavy atom. The van der Waals surface area contributed by atoms with E-state index < -0.39 is 64.2 Å². The van der Waals surface area contributed by atoms with Crippen LogP contribution in [0.15, 0.2) is 131 Å². The molecule has 0 radical (unpaired) electrons. The van der Waals surface area contributed by atoms with E-state index in [1.807, 2.05) is 0 Å². The Kier molecular flexibility index (Phi) is 9.43. The Labute approximate surface area is 241 Å². The Balaban J connectivity index is 1.96. The second-order valence-electron chi connectivity index (χ2n) is 8.62. The lowest BCUT2D eigenvalue weighted by molar-refractivity contribution is -0.167. The van der Waals surface area contributed by atoms with Crippen LogP contribution in [0.4, 0.5) is 43.9 Å². The van der Waals surface area contributed by atoms with Crippen LogP contribution in [0.2, 0.25) is 0 Å². The molecule has 4 aromatic rings. The fourth-order valence-corrected chi connectivity index (χ4v) is 5.29. The number of hydrogen-bond donors (Lipinski definition) is 0. The van der Waals surface area contributed by atoms with Gasteiger partial charge in [-0.05, 0) is 71.3 Å². The minimum atomic E-state index is -5.15. The van der Waals surface area contributed by atoms with Gasteiger partial charge < -0.3 is 9.47 Å². The number of halogens is 10. The zero-order valence-corrected chi connectivity index (χ0v) is 22.1. The van der Waals surface area contributed by atoms with E-state index in [0.717, 1.165) is 72.4 Å². The van der Waals surface area contributed by atoms with Gasteiger partial charge in [0, 0.05) is 9.79 Å². The average molecular weight is 631 g/mol. The maximum atomic E-state index is 15.6. The fraction of sp³-hybridized carbons (Fsp3) is 0.0667. The molecule has 13 heteroatoms. The summed E-state index contributed by atoms with van der Waals surface area (Å²) in [5, 5.41) is 0. The van der Waals surface area contributed by atoms with E-state index in [9.17, 15) is 30.7 Å². The van der Waals surface area contributed by atoms with Gasteiger partial charge in [-0.1, -0.05) is 54.2 Å². The molecule has 2 nitrogen and oxygen atoms in total. The normalized spacial score (nSPS) is 11.6. The third-order valence-corrected chi connectivity index (χ3v) is 7.13. The van der Waals surface area contributed by atoms with Crippen molar-refractivity contribution >= 4 is 11.8 Å². The molecule has 224 valence electrons.